The van der Waals surface area contributed by atoms with E-state index in [-0.39, 0.29) is 0 Å². The van der Waals surface area contributed by atoms with Gasteiger partial charge in [0.2, 0.25) is 0 Å². The second-order valence-electron chi connectivity index (χ2n) is 5.10. The Labute approximate surface area is 106 Å². The first-order chi connectivity index (χ1) is 7.49. The van der Waals surface area contributed by atoms with Crippen molar-refractivity contribution in [3.05, 3.63) is 24.3 Å². The third kappa shape index (κ3) is 3.20. The summed E-state index contributed by atoms with van der Waals surface area (Å²) in [6.07, 6.45) is 9.42. The minimum atomic E-state index is -1.54. The van der Waals surface area contributed by atoms with Gasteiger partial charge in [-0.2, -0.15) is 0 Å². The zero-order valence-corrected chi connectivity index (χ0v) is 14.8. The number of rotatable bonds is 6. The first-order valence-corrected chi connectivity index (χ1v) is 16.5. The molecule has 1 aliphatic carbocycles. The van der Waals surface area contributed by atoms with Gasteiger partial charge in [-0.1, -0.05) is 0 Å². The molecule has 0 heterocycles. The van der Waals surface area contributed by atoms with Gasteiger partial charge < -0.3 is 0 Å². The predicted octanol–water partition coefficient (Wildman–Crippen LogP) is 5.62. The van der Waals surface area contributed by atoms with Crippen LogP contribution in [0, 0.1) is 0 Å². The van der Waals surface area contributed by atoms with Gasteiger partial charge in [-0.25, -0.2) is 0 Å². The first kappa shape index (κ1) is 14.4. The van der Waals surface area contributed by atoms with Gasteiger partial charge in [0.1, 0.15) is 0 Å². The molecule has 0 aromatic heterocycles. The molecule has 0 saturated carbocycles. The first-order valence-electron chi connectivity index (χ1n) is 6.24. The third-order valence-electron chi connectivity index (χ3n) is 4.02. The van der Waals surface area contributed by atoms with E-state index in [1.54, 1.807) is 4.43 Å². The van der Waals surface area contributed by atoms with Gasteiger partial charge >= 0.3 is 107 Å². The standard InChI is InChI=1S/C7H17Si.C5H5.2CH3.Pt/c1-5-8(4,6-2)7-3;1-2-4-5-3-1;;;/h4-7H2,1-3H3;1-5H;2*1H3;. The molecule has 0 bridgehead atoms. The Kier molecular flexibility index (Phi) is 5.26. The van der Waals surface area contributed by atoms with Crippen LogP contribution in [-0.4, -0.2) is 8.07 Å². The van der Waals surface area contributed by atoms with E-state index in [9.17, 15) is 0 Å². The van der Waals surface area contributed by atoms with Crippen LogP contribution in [0.2, 0.25) is 37.5 Å². The molecule has 98 valence electrons. The van der Waals surface area contributed by atoms with Crippen LogP contribution in [0.3, 0.4) is 0 Å². The molecule has 0 aromatic rings. The van der Waals surface area contributed by atoms with Crippen LogP contribution < -0.4 is 0 Å². The van der Waals surface area contributed by atoms with Gasteiger partial charge in [0.05, 0.1) is 0 Å². The van der Waals surface area contributed by atoms with Crippen LogP contribution in [0.5, 0.6) is 0 Å². The molecular weight excluding hydrogens is 391 g/mol. The molecule has 16 heavy (non-hydrogen) atoms. The van der Waals surface area contributed by atoms with E-state index >= 15 is 0 Å². The van der Waals surface area contributed by atoms with Crippen LogP contribution >= 0.6 is 0 Å². The molecule has 0 nitrogen and oxygen atoms in total. The van der Waals surface area contributed by atoms with Crippen LogP contribution in [0.1, 0.15) is 20.8 Å². The molecule has 0 amide bonds. The van der Waals surface area contributed by atoms with Gasteiger partial charge in [0.25, 0.3) is 0 Å². The summed E-state index contributed by atoms with van der Waals surface area (Å²) in [4.78, 5) is 0. The quantitative estimate of drug-likeness (QED) is 0.491. The molecule has 1 aliphatic rings. The second kappa shape index (κ2) is 5.82. The molecule has 0 atom stereocenters. The van der Waals surface area contributed by atoms with Crippen molar-refractivity contribution in [3.63, 3.8) is 0 Å². The van der Waals surface area contributed by atoms with E-state index in [1.165, 1.54) is 18.1 Å². The van der Waals surface area contributed by atoms with Gasteiger partial charge in [-0.3, -0.25) is 0 Å². The van der Waals surface area contributed by atoms with E-state index in [0.29, 0.717) is 0 Å². The molecule has 0 aliphatic heterocycles. The molecule has 0 aromatic carbocycles. The van der Waals surface area contributed by atoms with E-state index < -0.39 is 24.1 Å². The van der Waals surface area contributed by atoms with Crippen molar-refractivity contribution in [1.82, 2.24) is 0 Å². The van der Waals surface area contributed by atoms with Crippen LogP contribution in [0.15, 0.2) is 24.3 Å². The second-order valence-corrected chi connectivity index (χ2v) is 23.4. The molecule has 0 fully saturated rings. The third-order valence-corrected chi connectivity index (χ3v) is 25.9. The summed E-state index contributed by atoms with van der Waals surface area (Å²) in [5.74, 6) is 0. The van der Waals surface area contributed by atoms with Crippen LogP contribution in [0.4, 0.5) is 0 Å². The molecule has 2 heteroatoms. The summed E-state index contributed by atoms with van der Waals surface area (Å²) >= 11 is -1.54. The molecule has 0 N–H and O–H groups in total. The normalized spacial score (nSPS) is 18.3. The zero-order valence-electron chi connectivity index (χ0n) is 11.5. The Morgan fingerprint density at radius 1 is 0.938 bits per heavy atom. The topological polar surface area (TPSA) is 0 Å². The van der Waals surface area contributed by atoms with E-state index in [4.69, 9.17) is 0 Å². The van der Waals surface area contributed by atoms with Crippen LogP contribution in [-0.2, 0) is 16.1 Å². The maximum atomic E-state index is 2.64. The van der Waals surface area contributed by atoms with Crippen molar-refractivity contribution in [2.45, 2.75) is 58.3 Å². The van der Waals surface area contributed by atoms with Crippen molar-refractivity contribution in [2.24, 2.45) is 0 Å². The van der Waals surface area contributed by atoms with E-state index in [0.717, 1.165) is 4.31 Å². The van der Waals surface area contributed by atoms with Gasteiger partial charge in [0.15, 0.2) is 0 Å². The monoisotopic (exact) mass is 419 g/mol. The Morgan fingerprint density at radius 2 is 1.38 bits per heavy atom. The fourth-order valence-corrected chi connectivity index (χ4v) is 28.5. The summed E-state index contributed by atoms with van der Waals surface area (Å²) in [7, 11) is -0.908. The molecule has 0 radical (unpaired) electrons. The summed E-state index contributed by atoms with van der Waals surface area (Å²) in [5, 5.41) is 5.28. The van der Waals surface area contributed by atoms with Crippen molar-refractivity contribution < 1.29 is 16.1 Å². The van der Waals surface area contributed by atoms with Gasteiger partial charge in [-0.05, 0) is 0 Å². The summed E-state index contributed by atoms with van der Waals surface area (Å²) in [6, 6.07) is 4.48. The van der Waals surface area contributed by atoms with Crippen molar-refractivity contribution in [1.29, 1.82) is 0 Å². The number of hydrogen-bond acceptors (Lipinski definition) is 0. The van der Waals surface area contributed by atoms with Gasteiger partial charge in [-0.15, -0.1) is 0 Å². The molecule has 0 saturated heterocycles. The molecule has 1 rings (SSSR count). The number of hydrogen-bond donors (Lipinski definition) is 0. The van der Waals surface area contributed by atoms with Crippen molar-refractivity contribution in [3.8, 4) is 0 Å². The Balaban J connectivity index is 2.76. The Morgan fingerprint density at radius 3 is 1.75 bits per heavy atom. The fraction of sp³-hybridized carbons (Fsp3) is 0.714. The molecule has 0 spiro atoms. The van der Waals surface area contributed by atoms with Crippen LogP contribution in [0.25, 0.3) is 0 Å². The zero-order chi connectivity index (χ0) is 12.2. The summed E-state index contributed by atoms with van der Waals surface area (Å²) in [5.41, 5.74) is 0. The van der Waals surface area contributed by atoms with Crippen molar-refractivity contribution in [2.75, 3.05) is 0 Å². The van der Waals surface area contributed by atoms with E-state index in [2.05, 4.69) is 55.7 Å². The minimum absolute atomic E-state index is 0.851. The number of allylic oxidation sites excluding steroid dienone is 4. The predicted molar refractivity (Wildman–Crippen MR) is 75.8 cm³/mol. The van der Waals surface area contributed by atoms with E-state index in [1.807, 2.05) is 0 Å². The Hall–Kier alpha value is 0.385. The molecular formula is C14H28PtSi. The average molecular weight is 420 g/mol. The SMILES string of the molecule is CC[Si](CC)(CC)[CH2][Pt]([CH3])([CH3])[CH]1C=CC=C1. The summed E-state index contributed by atoms with van der Waals surface area (Å²) in [6.45, 7) is 7.32. The molecule has 0 unspecified atom stereocenters. The average Bonchev–Trinajstić information content (AvgIpc) is 2.80. The maximum absolute atomic E-state index is 2.64. The Bertz CT molecular complexity index is 254. The fourth-order valence-electron chi connectivity index (χ4n) is 2.39. The summed E-state index contributed by atoms with van der Waals surface area (Å²) < 4.78 is 2.51. The van der Waals surface area contributed by atoms with Crippen molar-refractivity contribution >= 4 is 8.07 Å². The van der Waals surface area contributed by atoms with Gasteiger partial charge in [0, 0.05) is 0 Å².